The van der Waals surface area contributed by atoms with Gasteiger partial charge in [0, 0.05) is 28.6 Å². The molecular weight excluding hydrogens is 331 g/mol. The second-order valence-electron chi connectivity index (χ2n) is 6.14. The molecule has 1 N–H and O–H groups in total. The van der Waals surface area contributed by atoms with Crippen LogP contribution in [0.2, 0.25) is 5.02 Å². The van der Waals surface area contributed by atoms with Gasteiger partial charge in [-0.1, -0.05) is 35.9 Å². The lowest BCUT2D eigenvalue weighted by Crippen LogP contribution is -2.30. The minimum absolute atomic E-state index is 0.0157. The Balaban J connectivity index is 1.84. The molecule has 0 amide bonds. The fourth-order valence-electron chi connectivity index (χ4n) is 3.77. The monoisotopic (exact) mass is 344 g/mol. The number of para-hydroxylation sites is 1. The Hall–Kier alpha value is -2.40. The lowest BCUT2D eigenvalue weighted by molar-refractivity contribution is -0.384. The van der Waals surface area contributed by atoms with E-state index in [1.54, 1.807) is 6.07 Å². The molecule has 1 aliphatic carbocycles. The number of allylic oxidation sites excluding steroid dienone is 2. The second-order valence-corrected chi connectivity index (χ2v) is 6.55. The van der Waals surface area contributed by atoms with Gasteiger partial charge in [0.2, 0.25) is 0 Å². The summed E-state index contributed by atoms with van der Waals surface area (Å²) in [6, 6.07) is 9.17. The van der Waals surface area contributed by atoms with Crippen molar-refractivity contribution in [3.05, 3.63) is 80.6 Å². The zero-order valence-corrected chi connectivity index (χ0v) is 13.3. The number of benzene rings is 2. The van der Waals surface area contributed by atoms with Crippen LogP contribution >= 0.6 is 11.6 Å². The maximum Gasteiger partial charge on any atom is 0.269 e. The number of fused-ring (bicyclic) bond motifs is 3. The fourth-order valence-corrected chi connectivity index (χ4v) is 4.01. The molecule has 1 heterocycles. The smallest absolute Gasteiger partial charge is 0.269 e. The van der Waals surface area contributed by atoms with Gasteiger partial charge in [0.25, 0.3) is 5.69 Å². The van der Waals surface area contributed by atoms with E-state index in [1.807, 2.05) is 6.07 Å². The number of halogens is 2. The summed E-state index contributed by atoms with van der Waals surface area (Å²) in [5.74, 6) is -0.0890. The molecule has 1 aliphatic heterocycles. The van der Waals surface area contributed by atoms with Crippen LogP contribution in [0.1, 0.15) is 29.5 Å². The van der Waals surface area contributed by atoms with Gasteiger partial charge in [0.05, 0.1) is 16.7 Å². The average Bonchev–Trinajstić information content (AvgIpc) is 3.05. The van der Waals surface area contributed by atoms with Crippen molar-refractivity contribution in [2.75, 3.05) is 5.32 Å². The van der Waals surface area contributed by atoms with Gasteiger partial charge in [-0.15, -0.1) is 0 Å². The van der Waals surface area contributed by atoms with Gasteiger partial charge >= 0.3 is 0 Å². The van der Waals surface area contributed by atoms with Crippen molar-refractivity contribution in [2.45, 2.75) is 18.4 Å². The quantitative estimate of drug-likeness (QED) is 0.462. The Morgan fingerprint density at radius 1 is 1.25 bits per heavy atom. The first-order valence-electron chi connectivity index (χ1n) is 7.71. The number of non-ortho nitro benzene ring substituents is 1. The standard InChI is InChI=1S/C18H14ClFN2O2/c19-15-8-7-10(22(23)24)9-14(15)17-12-4-1-3-11(12)13-5-2-6-16(20)18(13)21-17/h1-3,5-9,11-12,17,21H,4H2/t11-,12-,17+/m0/s1. The third kappa shape index (κ3) is 2.27. The first-order valence-corrected chi connectivity index (χ1v) is 8.09. The van der Waals surface area contributed by atoms with Gasteiger partial charge in [-0.2, -0.15) is 0 Å². The van der Waals surface area contributed by atoms with Crippen LogP contribution < -0.4 is 5.32 Å². The summed E-state index contributed by atoms with van der Waals surface area (Å²) < 4.78 is 14.3. The topological polar surface area (TPSA) is 55.2 Å². The van der Waals surface area contributed by atoms with E-state index in [0.29, 0.717) is 16.3 Å². The largest absolute Gasteiger partial charge is 0.375 e. The lowest BCUT2D eigenvalue weighted by Gasteiger charge is -2.37. The van der Waals surface area contributed by atoms with Gasteiger partial charge in [0.1, 0.15) is 5.82 Å². The molecule has 122 valence electrons. The zero-order valence-electron chi connectivity index (χ0n) is 12.6. The fraction of sp³-hybridized carbons (Fsp3) is 0.222. The Morgan fingerprint density at radius 2 is 2.08 bits per heavy atom. The van der Waals surface area contributed by atoms with Crippen LogP contribution in [0.4, 0.5) is 15.8 Å². The number of anilines is 1. The van der Waals surface area contributed by atoms with Crippen LogP contribution in [0.3, 0.4) is 0 Å². The van der Waals surface area contributed by atoms with Crippen LogP contribution in [0.15, 0.2) is 48.6 Å². The van der Waals surface area contributed by atoms with Crippen molar-refractivity contribution >= 4 is 23.0 Å². The summed E-state index contributed by atoms with van der Waals surface area (Å²) in [5, 5.41) is 14.8. The normalized spacial score (nSPS) is 24.2. The highest BCUT2D eigenvalue weighted by atomic mass is 35.5. The highest BCUT2D eigenvalue weighted by Gasteiger charge is 2.39. The van der Waals surface area contributed by atoms with E-state index < -0.39 is 4.92 Å². The van der Waals surface area contributed by atoms with Crippen molar-refractivity contribution in [1.29, 1.82) is 0 Å². The predicted molar refractivity (Wildman–Crippen MR) is 90.9 cm³/mol. The minimum atomic E-state index is -0.443. The maximum atomic E-state index is 14.3. The molecule has 6 heteroatoms. The Labute approximate surface area is 143 Å². The third-order valence-electron chi connectivity index (χ3n) is 4.87. The number of rotatable bonds is 2. The van der Waals surface area contributed by atoms with Crippen molar-refractivity contribution in [3.8, 4) is 0 Å². The number of nitro groups is 1. The van der Waals surface area contributed by atoms with E-state index >= 15 is 0 Å². The van der Waals surface area contributed by atoms with Gasteiger partial charge < -0.3 is 5.32 Å². The van der Waals surface area contributed by atoms with Crippen LogP contribution in [0, 0.1) is 21.8 Å². The highest BCUT2D eigenvalue weighted by Crippen LogP contribution is 2.51. The van der Waals surface area contributed by atoms with Gasteiger partial charge in [-0.05, 0) is 30.0 Å². The average molecular weight is 345 g/mol. The summed E-state index contributed by atoms with van der Waals surface area (Å²) in [6.07, 6.45) is 4.98. The molecule has 2 aromatic rings. The van der Waals surface area contributed by atoms with Gasteiger partial charge in [-0.3, -0.25) is 10.1 Å². The third-order valence-corrected chi connectivity index (χ3v) is 5.22. The Kier molecular flexibility index (Phi) is 3.53. The van der Waals surface area contributed by atoms with E-state index in [-0.39, 0.29) is 29.4 Å². The molecule has 0 saturated carbocycles. The van der Waals surface area contributed by atoms with Crippen molar-refractivity contribution < 1.29 is 9.31 Å². The molecule has 0 aromatic heterocycles. The van der Waals surface area contributed by atoms with E-state index in [4.69, 9.17) is 11.6 Å². The van der Waals surface area contributed by atoms with Crippen LogP contribution in [-0.2, 0) is 0 Å². The number of hydrogen-bond acceptors (Lipinski definition) is 3. The van der Waals surface area contributed by atoms with Gasteiger partial charge in [0.15, 0.2) is 0 Å². The maximum absolute atomic E-state index is 14.3. The van der Waals surface area contributed by atoms with Crippen LogP contribution in [0.5, 0.6) is 0 Å². The molecule has 3 atom stereocenters. The molecule has 4 rings (SSSR count). The number of nitrogens with zero attached hydrogens (tertiary/aromatic N) is 1. The van der Waals surface area contributed by atoms with Crippen molar-refractivity contribution in [2.24, 2.45) is 5.92 Å². The molecule has 0 fully saturated rings. The number of nitrogens with one attached hydrogen (secondary N) is 1. The van der Waals surface area contributed by atoms with E-state index in [2.05, 4.69) is 17.5 Å². The molecule has 4 nitrogen and oxygen atoms in total. The molecular formula is C18H14ClFN2O2. The van der Waals surface area contributed by atoms with Crippen LogP contribution in [-0.4, -0.2) is 4.92 Å². The molecule has 2 aliphatic rings. The summed E-state index contributed by atoms with van der Waals surface area (Å²) in [6.45, 7) is 0. The molecule has 0 bridgehead atoms. The van der Waals surface area contributed by atoms with Crippen LogP contribution in [0.25, 0.3) is 0 Å². The SMILES string of the molecule is O=[N+]([O-])c1ccc(Cl)c([C@@H]2Nc3c(F)cccc3[C@H]3C=CC[C@@H]32)c1. The molecule has 2 aromatic carbocycles. The summed E-state index contributed by atoms with van der Waals surface area (Å²) in [7, 11) is 0. The van der Waals surface area contributed by atoms with E-state index in [1.165, 1.54) is 24.3 Å². The highest BCUT2D eigenvalue weighted by molar-refractivity contribution is 6.31. The number of hydrogen-bond donors (Lipinski definition) is 1. The Morgan fingerprint density at radius 3 is 2.88 bits per heavy atom. The minimum Gasteiger partial charge on any atom is -0.375 e. The summed E-state index contributed by atoms with van der Waals surface area (Å²) >= 11 is 6.31. The lowest BCUT2D eigenvalue weighted by atomic mass is 9.77. The van der Waals surface area contributed by atoms with Crippen molar-refractivity contribution in [1.82, 2.24) is 0 Å². The molecule has 0 unspecified atom stereocenters. The molecule has 24 heavy (non-hydrogen) atoms. The van der Waals surface area contributed by atoms with Gasteiger partial charge in [-0.25, -0.2) is 4.39 Å². The summed E-state index contributed by atoms with van der Waals surface area (Å²) in [4.78, 5) is 10.7. The van der Waals surface area contributed by atoms with E-state index in [9.17, 15) is 14.5 Å². The first kappa shape index (κ1) is 15.1. The van der Waals surface area contributed by atoms with Crippen molar-refractivity contribution in [3.63, 3.8) is 0 Å². The number of nitro benzene ring substituents is 1. The first-order chi connectivity index (χ1) is 11.6. The second kappa shape index (κ2) is 5.60. The molecule has 0 radical (unpaired) electrons. The zero-order chi connectivity index (χ0) is 16.8. The van der Waals surface area contributed by atoms with E-state index in [0.717, 1.165) is 12.0 Å². The molecule has 0 spiro atoms. The summed E-state index contributed by atoms with van der Waals surface area (Å²) in [5.41, 5.74) is 2.00. The molecule has 0 saturated heterocycles. The Bertz CT molecular complexity index is 868. The predicted octanol–water partition coefficient (Wildman–Crippen LogP) is 5.21.